The van der Waals surface area contributed by atoms with Gasteiger partial charge in [-0.15, -0.1) is 0 Å². The summed E-state index contributed by atoms with van der Waals surface area (Å²) >= 11 is 0. The number of amides is 1. The summed E-state index contributed by atoms with van der Waals surface area (Å²) in [5.74, 6) is 0.805. The summed E-state index contributed by atoms with van der Waals surface area (Å²) in [5.41, 5.74) is 0.454. The van der Waals surface area contributed by atoms with E-state index in [-0.39, 0.29) is 23.0 Å². The number of likely N-dealkylation sites (tertiary alicyclic amines) is 1. The molecule has 1 N–H and O–H groups in total. The largest absolute Gasteiger partial charge is 0.403 e. The molecule has 9 nitrogen and oxygen atoms in total. The number of nitrogens with zero attached hydrogens (tertiary/aromatic N) is 3. The zero-order chi connectivity index (χ0) is 20.4. The monoisotopic (exact) mass is 400 g/mol. The van der Waals surface area contributed by atoms with Crippen molar-refractivity contribution in [2.24, 2.45) is 11.1 Å². The smallest absolute Gasteiger partial charge is 0.337 e. The van der Waals surface area contributed by atoms with Crippen molar-refractivity contribution in [2.45, 2.75) is 51.9 Å². The molecule has 0 unspecified atom stereocenters. The number of piperidine rings is 1. The summed E-state index contributed by atoms with van der Waals surface area (Å²) < 4.78 is 5.13. The predicted molar refractivity (Wildman–Crippen MR) is 106 cm³/mol. The van der Waals surface area contributed by atoms with Crippen molar-refractivity contribution >= 4 is 22.7 Å². The average molecular weight is 400 g/mol. The van der Waals surface area contributed by atoms with Crippen LogP contribution in [0.2, 0.25) is 0 Å². The van der Waals surface area contributed by atoms with E-state index in [2.05, 4.69) is 15.1 Å². The molecule has 29 heavy (non-hydrogen) atoms. The molecule has 1 saturated heterocycles. The molecule has 2 fully saturated rings. The number of hydrogen-bond acceptors (Lipinski definition) is 7. The summed E-state index contributed by atoms with van der Waals surface area (Å²) in [7, 11) is 0. The minimum absolute atomic E-state index is 0.0365. The second kappa shape index (κ2) is 8.18. The lowest BCUT2D eigenvalue weighted by Gasteiger charge is -2.26. The van der Waals surface area contributed by atoms with Crippen molar-refractivity contribution in [1.82, 2.24) is 14.9 Å². The fraction of sp³-hybridized carbons (Fsp3) is 0.550. The minimum atomic E-state index is -0.536. The van der Waals surface area contributed by atoms with Gasteiger partial charge in [-0.25, -0.2) is 4.79 Å². The van der Waals surface area contributed by atoms with Gasteiger partial charge < -0.3 is 14.2 Å². The lowest BCUT2D eigenvalue weighted by molar-refractivity contribution is -0.130. The molecular weight excluding hydrogens is 376 g/mol. The van der Waals surface area contributed by atoms with Crippen molar-refractivity contribution < 1.29 is 14.0 Å². The van der Waals surface area contributed by atoms with E-state index in [1.54, 1.807) is 4.90 Å². The highest BCUT2D eigenvalue weighted by Gasteiger charge is 2.22. The number of aromatic nitrogens is 2. The van der Waals surface area contributed by atoms with Gasteiger partial charge in [-0.2, -0.15) is 4.98 Å². The maximum atomic E-state index is 12.6. The zero-order valence-electron chi connectivity index (χ0n) is 16.4. The molecule has 0 radical (unpaired) electrons. The van der Waals surface area contributed by atoms with Crippen LogP contribution >= 0.6 is 0 Å². The Morgan fingerprint density at radius 2 is 2.10 bits per heavy atom. The number of aromatic amines is 1. The predicted octanol–water partition coefficient (Wildman–Crippen LogP) is 1.99. The van der Waals surface area contributed by atoms with E-state index in [4.69, 9.17) is 9.25 Å². The minimum Gasteiger partial charge on any atom is -0.403 e. The molecule has 4 rings (SSSR count). The SMILES string of the molecule is CCC(=O)N1CCC(=NOc2nc3oc(=O)cc(CCC4CC4)c3c(=O)[nH]2)CC1. The van der Waals surface area contributed by atoms with Crippen molar-refractivity contribution in [3.05, 3.63) is 32.4 Å². The van der Waals surface area contributed by atoms with E-state index in [0.29, 0.717) is 50.3 Å². The second-order valence-electron chi connectivity index (χ2n) is 7.61. The van der Waals surface area contributed by atoms with Gasteiger partial charge in [0, 0.05) is 38.4 Å². The van der Waals surface area contributed by atoms with Crippen molar-refractivity contribution in [1.29, 1.82) is 0 Å². The number of carbonyl (C=O) groups is 1. The maximum Gasteiger partial charge on any atom is 0.337 e. The van der Waals surface area contributed by atoms with Gasteiger partial charge in [0.15, 0.2) is 0 Å². The number of rotatable bonds is 6. The molecule has 2 aromatic rings. The fourth-order valence-electron chi connectivity index (χ4n) is 3.57. The molecule has 2 aromatic heterocycles. The molecule has 3 heterocycles. The average Bonchev–Trinajstić information content (AvgIpc) is 3.54. The molecule has 1 aliphatic carbocycles. The summed E-state index contributed by atoms with van der Waals surface area (Å²) in [6.45, 7) is 3.03. The first-order valence-electron chi connectivity index (χ1n) is 10.1. The quantitative estimate of drug-likeness (QED) is 0.741. The van der Waals surface area contributed by atoms with Crippen molar-refractivity contribution in [3.8, 4) is 6.01 Å². The van der Waals surface area contributed by atoms with E-state index in [0.717, 1.165) is 12.1 Å². The summed E-state index contributed by atoms with van der Waals surface area (Å²) in [6.07, 6.45) is 5.69. The van der Waals surface area contributed by atoms with Gasteiger partial charge in [-0.05, 0) is 24.3 Å². The van der Waals surface area contributed by atoms with Crippen molar-refractivity contribution in [2.75, 3.05) is 13.1 Å². The summed E-state index contributed by atoms with van der Waals surface area (Å²) in [5, 5.41) is 4.35. The Labute approximate surface area is 166 Å². The zero-order valence-corrected chi connectivity index (χ0v) is 16.4. The number of oxime groups is 1. The molecule has 0 bridgehead atoms. The number of hydrogen-bond donors (Lipinski definition) is 1. The molecule has 1 aliphatic heterocycles. The molecule has 0 spiro atoms. The van der Waals surface area contributed by atoms with Gasteiger partial charge in [-0.3, -0.25) is 14.6 Å². The Kier molecular flexibility index (Phi) is 5.46. The number of aryl methyl sites for hydroxylation is 1. The van der Waals surface area contributed by atoms with Gasteiger partial charge in [0.05, 0.1) is 5.71 Å². The van der Waals surface area contributed by atoms with Crippen LogP contribution in [-0.2, 0) is 11.2 Å². The standard InChI is InChI=1S/C20H24N4O5/c1-2-15(25)24-9-7-14(8-10-24)23-29-20-21-18(27)17-13(6-5-12-3-4-12)11-16(26)28-19(17)22-20/h11-12H,2-10H2,1H3,(H,21,22,27). The van der Waals surface area contributed by atoms with Crippen LogP contribution in [0.1, 0.15) is 51.0 Å². The Morgan fingerprint density at radius 1 is 1.34 bits per heavy atom. The van der Waals surface area contributed by atoms with E-state index in [1.807, 2.05) is 6.92 Å². The van der Waals surface area contributed by atoms with Crippen LogP contribution in [0.5, 0.6) is 6.01 Å². The second-order valence-corrected chi connectivity index (χ2v) is 7.61. The summed E-state index contributed by atoms with van der Waals surface area (Å²) in [6, 6.07) is 1.25. The molecule has 154 valence electrons. The van der Waals surface area contributed by atoms with Gasteiger partial charge in [-0.1, -0.05) is 24.9 Å². The van der Waals surface area contributed by atoms with E-state index in [9.17, 15) is 14.4 Å². The topological polar surface area (TPSA) is 118 Å². The third kappa shape index (κ3) is 4.55. The first-order valence-corrected chi connectivity index (χ1v) is 10.1. The van der Waals surface area contributed by atoms with Crippen LogP contribution in [0.4, 0.5) is 0 Å². The maximum absolute atomic E-state index is 12.6. The number of nitrogens with one attached hydrogen (secondary N) is 1. The molecule has 0 atom stereocenters. The van der Waals surface area contributed by atoms with E-state index < -0.39 is 11.2 Å². The first kappa shape index (κ1) is 19.4. The summed E-state index contributed by atoms with van der Waals surface area (Å²) in [4.78, 5) is 50.0. The third-order valence-corrected chi connectivity index (χ3v) is 5.45. The Balaban J connectivity index is 1.51. The Morgan fingerprint density at radius 3 is 2.79 bits per heavy atom. The highest BCUT2D eigenvalue weighted by atomic mass is 16.6. The van der Waals surface area contributed by atoms with Crippen molar-refractivity contribution in [3.63, 3.8) is 0 Å². The van der Waals surface area contributed by atoms with Crippen LogP contribution < -0.4 is 16.0 Å². The van der Waals surface area contributed by atoms with E-state index >= 15 is 0 Å². The molecule has 2 aliphatic rings. The number of carbonyl (C=O) groups excluding carboxylic acids is 1. The highest BCUT2D eigenvalue weighted by Crippen LogP contribution is 2.33. The molecular formula is C20H24N4O5. The lowest BCUT2D eigenvalue weighted by atomic mass is 10.1. The lowest BCUT2D eigenvalue weighted by Crippen LogP contribution is -2.38. The first-order chi connectivity index (χ1) is 14.0. The number of H-pyrrole nitrogens is 1. The normalized spacial score (nSPS) is 16.9. The third-order valence-electron chi connectivity index (χ3n) is 5.45. The van der Waals surface area contributed by atoms with Crippen LogP contribution in [0.3, 0.4) is 0 Å². The fourth-order valence-corrected chi connectivity index (χ4v) is 3.57. The van der Waals surface area contributed by atoms with E-state index in [1.165, 1.54) is 18.9 Å². The van der Waals surface area contributed by atoms with Gasteiger partial charge in [0.2, 0.25) is 11.6 Å². The van der Waals surface area contributed by atoms with Gasteiger partial charge in [0.1, 0.15) is 5.39 Å². The van der Waals surface area contributed by atoms with Crippen LogP contribution in [0.25, 0.3) is 11.1 Å². The van der Waals surface area contributed by atoms with Crippen LogP contribution in [0.15, 0.2) is 25.2 Å². The van der Waals surface area contributed by atoms with Crippen LogP contribution in [0, 0.1) is 5.92 Å². The molecule has 0 aromatic carbocycles. The molecule has 1 amide bonds. The van der Waals surface area contributed by atoms with Gasteiger partial charge in [0.25, 0.3) is 5.56 Å². The Hall–Kier alpha value is -2.97. The highest BCUT2D eigenvalue weighted by molar-refractivity contribution is 5.87. The van der Waals surface area contributed by atoms with Crippen LogP contribution in [-0.4, -0.2) is 39.6 Å². The Bertz CT molecular complexity index is 1060. The molecule has 1 saturated carbocycles. The van der Waals surface area contributed by atoms with Gasteiger partial charge >= 0.3 is 11.6 Å². The molecule has 9 heteroatoms. The number of fused-ring (bicyclic) bond motifs is 1.